The molecule has 1 heterocycles. The Bertz CT molecular complexity index is 648. The Morgan fingerprint density at radius 3 is 2.60 bits per heavy atom. The van der Waals surface area contributed by atoms with Crippen molar-refractivity contribution in [3.05, 3.63) is 45.8 Å². The second-order valence-electron chi connectivity index (χ2n) is 5.64. The highest BCUT2D eigenvalue weighted by molar-refractivity contribution is 9.10. The van der Waals surface area contributed by atoms with Crippen molar-refractivity contribution in [2.24, 2.45) is 5.73 Å². The molecule has 1 saturated carbocycles. The first-order valence-corrected chi connectivity index (χ1v) is 7.70. The van der Waals surface area contributed by atoms with Gasteiger partial charge in [-0.25, -0.2) is 9.97 Å². The Morgan fingerprint density at radius 1 is 1.15 bits per heavy atom. The van der Waals surface area contributed by atoms with Crippen molar-refractivity contribution in [1.29, 1.82) is 0 Å². The summed E-state index contributed by atoms with van der Waals surface area (Å²) < 4.78 is 1.07. The molecule has 0 bridgehead atoms. The van der Waals surface area contributed by atoms with Gasteiger partial charge in [-0.05, 0) is 50.5 Å². The minimum absolute atomic E-state index is 0.320. The number of rotatable bonds is 2. The van der Waals surface area contributed by atoms with Gasteiger partial charge in [-0.15, -0.1) is 0 Å². The second kappa shape index (κ2) is 5.26. The van der Waals surface area contributed by atoms with Gasteiger partial charge in [0.2, 0.25) is 0 Å². The van der Waals surface area contributed by atoms with Gasteiger partial charge in [0.15, 0.2) is 0 Å². The zero-order chi connectivity index (χ0) is 14.3. The van der Waals surface area contributed by atoms with Crippen LogP contribution in [0, 0.1) is 13.8 Å². The van der Waals surface area contributed by atoms with Crippen LogP contribution in [0.5, 0.6) is 0 Å². The lowest BCUT2D eigenvalue weighted by molar-refractivity contribution is 0.338. The summed E-state index contributed by atoms with van der Waals surface area (Å²) >= 11 is 3.53. The molecule has 104 valence electrons. The van der Waals surface area contributed by atoms with Crippen molar-refractivity contribution in [2.45, 2.75) is 38.6 Å². The highest BCUT2D eigenvalue weighted by Gasteiger charge is 2.30. The van der Waals surface area contributed by atoms with Gasteiger partial charge < -0.3 is 5.73 Å². The van der Waals surface area contributed by atoms with Crippen LogP contribution in [0.3, 0.4) is 0 Å². The Hall–Kier alpha value is -1.26. The standard InChI is InChI=1S/C16H18BrN3/c1-9-3-4-12(17)8-14(9)15-5-10(2)19-16(20-15)11-6-13(18)7-11/h3-5,8,11,13H,6-7,18H2,1-2H3. The molecule has 3 nitrogen and oxygen atoms in total. The van der Waals surface area contributed by atoms with E-state index < -0.39 is 0 Å². The van der Waals surface area contributed by atoms with Gasteiger partial charge in [0, 0.05) is 27.7 Å². The van der Waals surface area contributed by atoms with Crippen LogP contribution in [-0.2, 0) is 0 Å². The first-order valence-electron chi connectivity index (χ1n) is 6.90. The number of halogens is 1. The lowest BCUT2D eigenvalue weighted by atomic mass is 9.80. The van der Waals surface area contributed by atoms with Crippen molar-refractivity contribution in [2.75, 3.05) is 0 Å². The molecule has 1 aromatic carbocycles. The van der Waals surface area contributed by atoms with Crippen molar-refractivity contribution in [3.8, 4) is 11.3 Å². The SMILES string of the molecule is Cc1cc(-c2cc(Br)ccc2C)nc(C2CC(N)C2)n1. The molecule has 0 spiro atoms. The number of nitrogens with zero attached hydrogens (tertiary/aromatic N) is 2. The van der Waals surface area contributed by atoms with Gasteiger partial charge in [0.05, 0.1) is 5.69 Å². The third-order valence-corrected chi connectivity index (χ3v) is 4.38. The lowest BCUT2D eigenvalue weighted by Gasteiger charge is -2.31. The molecule has 0 aliphatic heterocycles. The summed E-state index contributed by atoms with van der Waals surface area (Å²) in [6.45, 7) is 4.14. The van der Waals surface area contributed by atoms with Crippen molar-refractivity contribution < 1.29 is 0 Å². The summed E-state index contributed by atoms with van der Waals surface area (Å²) in [5.41, 5.74) is 10.3. The summed E-state index contributed by atoms with van der Waals surface area (Å²) in [6, 6.07) is 8.65. The van der Waals surface area contributed by atoms with E-state index in [0.717, 1.165) is 40.1 Å². The normalized spacial score (nSPS) is 21.6. The molecule has 4 heteroatoms. The zero-order valence-electron chi connectivity index (χ0n) is 11.7. The third-order valence-electron chi connectivity index (χ3n) is 3.89. The Balaban J connectivity index is 2.03. The van der Waals surface area contributed by atoms with E-state index in [1.165, 1.54) is 5.56 Å². The van der Waals surface area contributed by atoms with E-state index in [1.807, 2.05) is 6.92 Å². The van der Waals surface area contributed by atoms with Gasteiger partial charge in [-0.2, -0.15) is 0 Å². The molecule has 1 aromatic heterocycles. The van der Waals surface area contributed by atoms with Gasteiger partial charge in [0.25, 0.3) is 0 Å². The van der Waals surface area contributed by atoms with E-state index in [0.29, 0.717) is 12.0 Å². The molecule has 2 aromatic rings. The average molecular weight is 332 g/mol. The fourth-order valence-corrected chi connectivity index (χ4v) is 3.02. The second-order valence-corrected chi connectivity index (χ2v) is 6.56. The Kier molecular flexibility index (Phi) is 3.61. The largest absolute Gasteiger partial charge is 0.328 e. The van der Waals surface area contributed by atoms with E-state index in [4.69, 9.17) is 10.7 Å². The summed E-state index contributed by atoms with van der Waals surface area (Å²) in [5.74, 6) is 1.37. The number of aromatic nitrogens is 2. The van der Waals surface area contributed by atoms with Crippen LogP contribution in [0.25, 0.3) is 11.3 Å². The molecule has 20 heavy (non-hydrogen) atoms. The highest BCUT2D eigenvalue weighted by atomic mass is 79.9. The molecule has 0 atom stereocenters. The highest BCUT2D eigenvalue weighted by Crippen LogP contribution is 2.35. The maximum atomic E-state index is 5.88. The van der Waals surface area contributed by atoms with E-state index >= 15 is 0 Å². The van der Waals surface area contributed by atoms with Crippen LogP contribution in [-0.4, -0.2) is 16.0 Å². The van der Waals surface area contributed by atoms with Crippen LogP contribution >= 0.6 is 15.9 Å². The molecular formula is C16H18BrN3. The van der Waals surface area contributed by atoms with Crippen LogP contribution in [0.4, 0.5) is 0 Å². The van der Waals surface area contributed by atoms with Crippen LogP contribution in [0.1, 0.15) is 35.8 Å². The van der Waals surface area contributed by atoms with E-state index in [2.05, 4.69) is 52.1 Å². The first-order chi connectivity index (χ1) is 9.52. The summed E-state index contributed by atoms with van der Waals surface area (Å²) in [5, 5.41) is 0. The van der Waals surface area contributed by atoms with Crippen molar-refractivity contribution >= 4 is 15.9 Å². The molecular weight excluding hydrogens is 314 g/mol. The van der Waals surface area contributed by atoms with Gasteiger partial charge in [0.1, 0.15) is 5.82 Å². The van der Waals surface area contributed by atoms with E-state index in [1.54, 1.807) is 0 Å². The maximum absolute atomic E-state index is 5.88. The predicted octanol–water partition coefficient (Wildman–Crippen LogP) is 3.73. The molecule has 1 aliphatic rings. The number of nitrogens with two attached hydrogens (primary N) is 1. The topological polar surface area (TPSA) is 51.8 Å². The maximum Gasteiger partial charge on any atom is 0.132 e. The molecule has 2 N–H and O–H groups in total. The minimum Gasteiger partial charge on any atom is -0.328 e. The van der Waals surface area contributed by atoms with Crippen molar-refractivity contribution in [3.63, 3.8) is 0 Å². The Labute approximate surface area is 127 Å². The first kappa shape index (κ1) is 13.7. The fraction of sp³-hybridized carbons (Fsp3) is 0.375. The van der Waals surface area contributed by atoms with Crippen LogP contribution < -0.4 is 5.73 Å². The summed E-state index contributed by atoms with van der Waals surface area (Å²) in [7, 11) is 0. The molecule has 1 aliphatic carbocycles. The van der Waals surface area contributed by atoms with Crippen LogP contribution in [0.15, 0.2) is 28.7 Å². The van der Waals surface area contributed by atoms with Crippen LogP contribution in [0.2, 0.25) is 0 Å². The van der Waals surface area contributed by atoms with Gasteiger partial charge in [-0.1, -0.05) is 22.0 Å². The Morgan fingerprint density at radius 2 is 1.90 bits per heavy atom. The number of hydrogen-bond donors (Lipinski definition) is 1. The fourth-order valence-electron chi connectivity index (χ4n) is 2.65. The molecule has 0 radical (unpaired) electrons. The smallest absolute Gasteiger partial charge is 0.132 e. The number of hydrogen-bond acceptors (Lipinski definition) is 3. The summed E-state index contributed by atoms with van der Waals surface area (Å²) in [4.78, 5) is 9.36. The van der Waals surface area contributed by atoms with Gasteiger partial charge >= 0.3 is 0 Å². The average Bonchev–Trinajstić information content (AvgIpc) is 2.37. The van der Waals surface area contributed by atoms with Gasteiger partial charge in [-0.3, -0.25) is 0 Å². The monoisotopic (exact) mass is 331 g/mol. The third kappa shape index (κ3) is 2.63. The van der Waals surface area contributed by atoms with E-state index in [9.17, 15) is 0 Å². The van der Waals surface area contributed by atoms with Crippen molar-refractivity contribution in [1.82, 2.24) is 9.97 Å². The molecule has 0 saturated heterocycles. The quantitative estimate of drug-likeness (QED) is 0.912. The summed E-state index contributed by atoms with van der Waals surface area (Å²) in [6.07, 6.45) is 2.00. The predicted molar refractivity (Wildman–Crippen MR) is 84.6 cm³/mol. The number of benzene rings is 1. The zero-order valence-corrected chi connectivity index (χ0v) is 13.3. The molecule has 3 rings (SSSR count). The molecule has 0 amide bonds. The molecule has 0 unspecified atom stereocenters. The minimum atomic E-state index is 0.320. The number of aryl methyl sites for hydroxylation is 2. The molecule has 1 fully saturated rings. The van der Waals surface area contributed by atoms with E-state index in [-0.39, 0.29) is 0 Å². The lowest BCUT2D eigenvalue weighted by Crippen LogP contribution is -2.35.